The van der Waals surface area contributed by atoms with Crippen molar-refractivity contribution < 1.29 is 9.90 Å². The summed E-state index contributed by atoms with van der Waals surface area (Å²) < 4.78 is 0. The average Bonchev–Trinajstić information content (AvgIpc) is 2.34. The SMILES string of the molecule is CC(C)(C)CCN1C(C(=O)O)CCC2CCCCC21. The zero-order valence-corrected chi connectivity index (χ0v) is 12.7. The summed E-state index contributed by atoms with van der Waals surface area (Å²) in [5, 5.41) is 9.49. The van der Waals surface area contributed by atoms with E-state index in [0.717, 1.165) is 31.7 Å². The van der Waals surface area contributed by atoms with Crippen LogP contribution in [0.2, 0.25) is 0 Å². The fourth-order valence-corrected chi connectivity index (χ4v) is 3.78. The largest absolute Gasteiger partial charge is 0.480 e. The van der Waals surface area contributed by atoms with Crippen LogP contribution in [0.5, 0.6) is 0 Å². The van der Waals surface area contributed by atoms with Gasteiger partial charge in [-0.05, 0) is 50.0 Å². The van der Waals surface area contributed by atoms with Crippen molar-refractivity contribution in [3.05, 3.63) is 0 Å². The van der Waals surface area contributed by atoms with Gasteiger partial charge in [0.05, 0.1) is 0 Å². The fraction of sp³-hybridized carbons (Fsp3) is 0.938. The summed E-state index contributed by atoms with van der Waals surface area (Å²) in [5.74, 6) is 0.141. The van der Waals surface area contributed by atoms with Crippen molar-refractivity contribution >= 4 is 5.97 Å². The lowest BCUT2D eigenvalue weighted by Gasteiger charge is -2.47. The van der Waals surface area contributed by atoms with Gasteiger partial charge >= 0.3 is 5.97 Å². The molecule has 1 saturated carbocycles. The molecule has 0 aromatic heterocycles. The number of aliphatic carboxylic acids is 1. The molecule has 3 unspecified atom stereocenters. The third-order valence-corrected chi connectivity index (χ3v) is 4.91. The number of carboxylic acid groups (broad SMARTS) is 1. The van der Waals surface area contributed by atoms with Crippen LogP contribution in [0, 0.1) is 11.3 Å². The Hall–Kier alpha value is -0.570. The van der Waals surface area contributed by atoms with Crippen molar-refractivity contribution in [2.45, 2.75) is 77.8 Å². The Morgan fingerprint density at radius 3 is 2.47 bits per heavy atom. The number of hydrogen-bond donors (Lipinski definition) is 1. The van der Waals surface area contributed by atoms with E-state index in [1.54, 1.807) is 0 Å². The minimum atomic E-state index is -0.613. The first-order valence-corrected chi connectivity index (χ1v) is 7.87. The second-order valence-electron chi connectivity index (χ2n) is 7.59. The summed E-state index contributed by atoms with van der Waals surface area (Å²) >= 11 is 0. The van der Waals surface area contributed by atoms with E-state index in [2.05, 4.69) is 25.7 Å². The normalized spacial score (nSPS) is 32.9. The van der Waals surface area contributed by atoms with E-state index >= 15 is 0 Å². The summed E-state index contributed by atoms with van der Waals surface area (Å²) in [7, 11) is 0. The smallest absolute Gasteiger partial charge is 0.320 e. The average molecular weight is 267 g/mol. The monoisotopic (exact) mass is 267 g/mol. The first kappa shape index (κ1) is 14.8. The van der Waals surface area contributed by atoms with Crippen LogP contribution in [-0.4, -0.2) is 34.6 Å². The third kappa shape index (κ3) is 3.71. The summed E-state index contributed by atoms with van der Waals surface area (Å²) in [5.41, 5.74) is 0.282. The highest BCUT2D eigenvalue weighted by molar-refractivity contribution is 5.73. The molecule has 1 aliphatic carbocycles. The van der Waals surface area contributed by atoms with Gasteiger partial charge in [0.15, 0.2) is 0 Å². The number of piperidine rings is 1. The van der Waals surface area contributed by atoms with E-state index in [-0.39, 0.29) is 11.5 Å². The molecule has 1 heterocycles. The molecule has 3 atom stereocenters. The molecule has 3 heteroatoms. The molecule has 0 amide bonds. The Kier molecular flexibility index (Phi) is 4.54. The maximum atomic E-state index is 11.5. The van der Waals surface area contributed by atoms with Gasteiger partial charge < -0.3 is 5.11 Å². The molecule has 2 fully saturated rings. The number of likely N-dealkylation sites (tertiary alicyclic amines) is 1. The van der Waals surface area contributed by atoms with Gasteiger partial charge in [-0.1, -0.05) is 33.6 Å². The Bertz CT molecular complexity index is 321. The summed E-state index contributed by atoms with van der Waals surface area (Å²) in [6.07, 6.45) is 8.18. The molecule has 1 saturated heterocycles. The quantitative estimate of drug-likeness (QED) is 0.850. The lowest BCUT2D eigenvalue weighted by molar-refractivity contribution is -0.148. The second kappa shape index (κ2) is 5.82. The molecule has 0 spiro atoms. The zero-order chi connectivity index (χ0) is 14.0. The van der Waals surface area contributed by atoms with Crippen LogP contribution in [0.15, 0.2) is 0 Å². The van der Waals surface area contributed by atoms with Gasteiger partial charge in [0.2, 0.25) is 0 Å². The maximum absolute atomic E-state index is 11.5. The maximum Gasteiger partial charge on any atom is 0.320 e. The van der Waals surface area contributed by atoms with Crippen LogP contribution in [0.4, 0.5) is 0 Å². The molecular formula is C16H29NO2. The van der Waals surface area contributed by atoms with E-state index in [0.29, 0.717) is 6.04 Å². The lowest BCUT2D eigenvalue weighted by atomic mass is 9.76. The van der Waals surface area contributed by atoms with Crippen LogP contribution in [0.25, 0.3) is 0 Å². The van der Waals surface area contributed by atoms with Gasteiger partial charge in [-0.15, -0.1) is 0 Å². The number of hydrogen-bond acceptors (Lipinski definition) is 2. The molecular weight excluding hydrogens is 238 g/mol. The highest BCUT2D eigenvalue weighted by Crippen LogP contribution is 2.38. The zero-order valence-electron chi connectivity index (χ0n) is 12.7. The Labute approximate surface area is 117 Å². The van der Waals surface area contributed by atoms with E-state index < -0.39 is 5.97 Å². The Morgan fingerprint density at radius 2 is 1.84 bits per heavy atom. The van der Waals surface area contributed by atoms with Crippen LogP contribution in [0.1, 0.15) is 65.7 Å². The molecule has 3 nitrogen and oxygen atoms in total. The Morgan fingerprint density at radius 1 is 1.16 bits per heavy atom. The number of nitrogens with zero attached hydrogens (tertiary/aromatic N) is 1. The van der Waals surface area contributed by atoms with Crippen LogP contribution < -0.4 is 0 Å². The van der Waals surface area contributed by atoms with Crippen molar-refractivity contribution in [3.63, 3.8) is 0 Å². The van der Waals surface area contributed by atoms with Crippen molar-refractivity contribution in [1.82, 2.24) is 4.90 Å². The van der Waals surface area contributed by atoms with E-state index in [1.807, 2.05) is 0 Å². The topological polar surface area (TPSA) is 40.5 Å². The van der Waals surface area contributed by atoms with E-state index in [9.17, 15) is 9.90 Å². The van der Waals surface area contributed by atoms with E-state index in [1.165, 1.54) is 25.7 Å². The molecule has 19 heavy (non-hydrogen) atoms. The predicted octanol–water partition coefficient (Wildman–Crippen LogP) is 3.53. The molecule has 1 N–H and O–H groups in total. The predicted molar refractivity (Wildman–Crippen MR) is 77.2 cm³/mol. The van der Waals surface area contributed by atoms with Gasteiger partial charge in [0.25, 0.3) is 0 Å². The van der Waals surface area contributed by atoms with Gasteiger partial charge in [-0.25, -0.2) is 0 Å². The number of rotatable bonds is 3. The van der Waals surface area contributed by atoms with Crippen molar-refractivity contribution in [1.29, 1.82) is 0 Å². The van der Waals surface area contributed by atoms with Gasteiger partial charge in [0.1, 0.15) is 6.04 Å². The minimum absolute atomic E-state index is 0.235. The minimum Gasteiger partial charge on any atom is -0.480 e. The molecule has 2 aliphatic rings. The van der Waals surface area contributed by atoms with Crippen LogP contribution in [0.3, 0.4) is 0 Å². The number of carboxylic acids is 1. The summed E-state index contributed by atoms with van der Waals surface area (Å²) in [6, 6.07) is 0.299. The van der Waals surface area contributed by atoms with Crippen LogP contribution >= 0.6 is 0 Å². The molecule has 1 aliphatic heterocycles. The highest BCUT2D eigenvalue weighted by Gasteiger charge is 2.41. The van der Waals surface area contributed by atoms with Gasteiger partial charge in [0, 0.05) is 6.04 Å². The first-order chi connectivity index (χ1) is 8.88. The van der Waals surface area contributed by atoms with E-state index in [4.69, 9.17) is 0 Å². The number of fused-ring (bicyclic) bond motifs is 1. The first-order valence-electron chi connectivity index (χ1n) is 7.87. The molecule has 0 aromatic carbocycles. The van der Waals surface area contributed by atoms with Crippen molar-refractivity contribution in [3.8, 4) is 0 Å². The standard InChI is InChI=1S/C16H29NO2/c1-16(2,3)10-11-17-13-7-5-4-6-12(13)8-9-14(17)15(18)19/h12-14H,4-11H2,1-3H3,(H,18,19). The lowest BCUT2D eigenvalue weighted by Crippen LogP contribution is -2.55. The van der Waals surface area contributed by atoms with Crippen molar-refractivity contribution in [2.75, 3.05) is 6.54 Å². The fourth-order valence-electron chi connectivity index (χ4n) is 3.78. The summed E-state index contributed by atoms with van der Waals surface area (Å²) in [4.78, 5) is 13.9. The van der Waals surface area contributed by atoms with Gasteiger partial charge in [-0.3, -0.25) is 9.69 Å². The van der Waals surface area contributed by atoms with Crippen molar-refractivity contribution in [2.24, 2.45) is 11.3 Å². The molecule has 110 valence electrons. The summed E-state index contributed by atoms with van der Waals surface area (Å²) in [6.45, 7) is 7.67. The molecule has 0 aromatic rings. The number of carbonyl (C=O) groups is 1. The van der Waals surface area contributed by atoms with Gasteiger partial charge in [-0.2, -0.15) is 0 Å². The second-order valence-corrected chi connectivity index (χ2v) is 7.59. The Balaban J connectivity index is 2.07. The molecule has 0 bridgehead atoms. The highest BCUT2D eigenvalue weighted by atomic mass is 16.4. The third-order valence-electron chi connectivity index (χ3n) is 4.91. The van der Waals surface area contributed by atoms with Crippen LogP contribution in [-0.2, 0) is 4.79 Å². The molecule has 0 radical (unpaired) electrons. The molecule has 2 rings (SSSR count).